The standard InChI is InChI=1S/C62H44N2O/c1-4-14-43(15-5-1)47-26-33-51(34-27-47)63(52-35-28-48(29-36-52)44-16-6-2-7-17-44)59-25-13-23-56-55-22-12-24-57-58(40-41-60(61(55)57)65-62(56)59)64(54-39-32-46-20-10-11-21-50(46)42-54)53-37-30-49(31-38-53)45-18-8-3-9-19-45/h1-35,37-42,52H,36H2. The van der Waals surface area contributed by atoms with E-state index in [1.54, 1.807) is 0 Å². The summed E-state index contributed by atoms with van der Waals surface area (Å²) < 4.78 is 7.23. The van der Waals surface area contributed by atoms with Crippen molar-refractivity contribution in [2.45, 2.75) is 12.5 Å². The SMILES string of the molecule is C1=CC(N(c2ccc(-c3ccccc3)cc2)c2cccc3c2Oc2ccc(N(c4ccc(-c5ccccc5)cc4)c4ccc5ccccc5c4)c4cccc-3c24)CC=C1c1ccccc1. The fraction of sp³-hybridized carbons (Fsp3) is 0.0323. The number of benzene rings is 10. The van der Waals surface area contributed by atoms with Crippen LogP contribution in [-0.4, -0.2) is 6.04 Å². The Labute approximate surface area is 380 Å². The van der Waals surface area contributed by atoms with Crippen molar-refractivity contribution < 1.29 is 4.74 Å². The first-order valence-electron chi connectivity index (χ1n) is 22.4. The zero-order valence-electron chi connectivity index (χ0n) is 35.8. The molecule has 0 saturated heterocycles. The lowest BCUT2D eigenvalue weighted by atomic mass is 9.91. The predicted octanol–water partition coefficient (Wildman–Crippen LogP) is 17.1. The van der Waals surface area contributed by atoms with E-state index in [9.17, 15) is 0 Å². The molecule has 65 heavy (non-hydrogen) atoms. The van der Waals surface area contributed by atoms with Crippen LogP contribution in [0, 0.1) is 0 Å². The van der Waals surface area contributed by atoms with Gasteiger partial charge in [0.1, 0.15) is 5.75 Å². The molecule has 10 aromatic carbocycles. The molecule has 1 heterocycles. The Balaban J connectivity index is 0.981. The van der Waals surface area contributed by atoms with Gasteiger partial charge in [0.25, 0.3) is 0 Å². The molecule has 1 aliphatic heterocycles. The molecule has 1 aliphatic carbocycles. The van der Waals surface area contributed by atoms with Crippen LogP contribution < -0.4 is 14.5 Å². The molecule has 10 aromatic rings. The van der Waals surface area contributed by atoms with E-state index in [1.807, 2.05) is 0 Å². The molecule has 0 N–H and O–H groups in total. The van der Waals surface area contributed by atoms with Crippen LogP contribution in [0.1, 0.15) is 12.0 Å². The summed E-state index contributed by atoms with van der Waals surface area (Å²) in [5, 5.41) is 4.64. The predicted molar refractivity (Wildman–Crippen MR) is 273 cm³/mol. The largest absolute Gasteiger partial charge is 0.454 e. The molecule has 1 atom stereocenters. The summed E-state index contributed by atoms with van der Waals surface area (Å²) in [6.45, 7) is 0. The maximum atomic E-state index is 7.23. The Morgan fingerprint density at radius 3 is 1.68 bits per heavy atom. The summed E-state index contributed by atoms with van der Waals surface area (Å²) in [5.41, 5.74) is 14.9. The zero-order chi connectivity index (χ0) is 43.1. The van der Waals surface area contributed by atoms with E-state index in [0.717, 1.165) is 68.3 Å². The quantitative estimate of drug-likeness (QED) is 0.144. The average molecular weight is 833 g/mol. The van der Waals surface area contributed by atoms with Crippen molar-refractivity contribution in [3.63, 3.8) is 0 Å². The summed E-state index contributed by atoms with van der Waals surface area (Å²) >= 11 is 0. The molecular formula is C62H44N2O. The molecular weight excluding hydrogens is 789 g/mol. The summed E-state index contributed by atoms with van der Waals surface area (Å²) in [5.74, 6) is 1.71. The molecule has 0 bridgehead atoms. The highest BCUT2D eigenvalue weighted by Crippen LogP contribution is 2.54. The molecule has 0 spiro atoms. The Morgan fingerprint density at radius 1 is 0.415 bits per heavy atom. The van der Waals surface area contributed by atoms with Crippen LogP contribution in [0.15, 0.2) is 249 Å². The van der Waals surface area contributed by atoms with E-state index >= 15 is 0 Å². The number of hydrogen-bond donors (Lipinski definition) is 0. The maximum Gasteiger partial charge on any atom is 0.158 e. The van der Waals surface area contributed by atoms with Crippen LogP contribution in [0.2, 0.25) is 0 Å². The Hall–Kier alpha value is -8.40. The molecule has 3 heteroatoms. The Bertz CT molecular complexity index is 3410. The molecule has 0 saturated carbocycles. The molecule has 0 aromatic heterocycles. The monoisotopic (exact) mass is 832 g/mol. The van der Waals surface area contributed by atoms with Gasteiger partial charge in [0, 0.05) is 33.4 Å². The summed E-state index contributed by atoms with van der Waals surface area (Å²) in [4.78, 5) is 4.85. The molecule has 1 unspecified atom stereocenters. The van der Waals surface area contributed by atoms with E-state index in [1.165, 1.54) is 44.2 Å². The zero-order valence-corrected chi connectivity index (χ0v) is 35.8. The minimum Gasteiger partial charge on any atom is -0.454 e. The molecule has 0 fully saturated rings. The maximum absolute atomic E-state index is 7.23. The van der Waals surface area contributed by atoms with Crippen molar-refractivity contribution in [2.75, 3.05) is 9.80 Å². The second-order valence-electron chi connectivity index (χ2n) is 16.8. The first-order valence-corrected chi connectivity index (χ1v) is 22.4. The number of ether oxygens (including phenoxy) is 1. The van der Waals surface area contributed by atoms with E-state index in [-0.39, 0.29) is 6.04 Å². The summed E-state index contributed by atoms with van der Waals surface area (Å²) in [6.07, 6.45) is 7.84. The van der Waals surface area contributed by atoms with Crippen molar-refractivity contribution in [1.82, 2.24) is 0 Å². The van der Waals surface area contributed by atoms with Crippen molar-refractivity contribution in [3.8, 4) is 44.9 Å². The normalized spacial score (nSPS) is 13.8. The van der Waals surface area contributed by atoms with Crippen LogP contribution in [0.4, 0.5) is 28.4 Å². The van der Waals surface area contributed by atoms with Gasteiger partial charge in [-0.05, 0) is 111 Å². The number of rotatable bonds is 9. The van der Waals surface area contributed by atoms with Crippen LogP contribution in [0.3, 0.4) is 0 Å². The second-order valence-corrected chi connectivity index (χ2v) is 16.8. The molecule has 12 rings (SSSR count). The molecule has 3 nitrogen and oxygen atoms in total. The number of para-hydroxylation sites is 1. The summed E-state index contributed by atoms with van der Waals surface area (Å²) in [6, 6.07) is 82.8. The van der Waals surface area contributed by atoms with Crippen LogP contribution in [0.25, 0.3) is 60.5 Å². The third-order valence-electron chi connectivity index (χ3n) is 13.0. The van der Waals surface area contributed by atoms with Gasteiger partial charge in [-0.1, -0.05) is 194 Å². The average Bonchev–Trinajstić information content (AvgIpc) is 3.39. The van der Waals surface area contributed by atoms with Crippen molar-refractivity contribution >= 4 is 55.6 Å². The van der Waals surface area contributed by atoms with Gasteiger partial charge in [-0.25, -0.2) is 0 Å². The first kappa shape index (κ1) is 38.3. The minimum atomic E-state index is 0.0588. The molecule has 0 amide bonds. The number of nitrogens with zero attached hydrogens (tertiary/aromatic N) is 2. The molecule has 308 valence electrons. The first-order chi connectivity index (χ1) is 32.2. The molecule has 2 aliphatic rings. The van der Waals surface area contributed by atoms with Crippen molar-refractivity contribution in [1.29, 1.82) is 0 Å². The third-order valence-corrected chi connectivity index (χ3v) is 13.0. The lowest BCUT2D eigenvalue weighted by Crippen LogP contribution is -2.30. The number of allylic oxidation sites excluding steroid dienone is 2. The van der Waals surface area contributed by atoms with E-state index in [4.69, 9.17) is 4.74 Å². The summed E-state index contributed by atoms with van der Waals surface area (Å²) in [7, 11) is 0. The highest BCUT2D eigenvalue weighted by Gasteiger charge is 2.30. The van der Waals surface area contributed by atoms with Gasteiger partial charge >= 0.3 is 0 Å². The van der Waals surface area contributed by atoms with Gasteiger partial charge in [-0.2, -0.15) is 0 Å². The lowest BCUT2D eigenvalue weighted by Gasteiger charge is -2.36. The topological polar surface area (TPSA) is 15.7 Å². The Morgan fingerprint density at radius 2 is 1.00 bits per heavy atom. The van der Waals surface area contributed by atoms with E-state index in [2.05, 4.69) is 259 Å². The Kier molecular flexibility index (Phi) is 9.65. The minimum absolute atomic E-state index is 0.0588. The van der Waals surface area contributed by atoms with Gasteiger partial charge in [-0.15, -0.1) is 0 Å². The fourth-order valence-electron chi connectivity index (χ4n) is 9.78. The van der Waals surface area contributed by atoms with Gasteiger partial charge in [-0.3, -0.25) is 0 Å². The van der Waals surface area contributed by atoms with Gasteiger partial charge in [0.15, 0.2) is 5.75 Å². The van der Waals surface area contributed by atoms with Crippen LogP contribution in [-0.2, 0) is 0 Å². The highest BCUT2D eigenvalue weighted by molar-refractivity contribution is 6.12. The lowest BCUT2D eigenvalue weighted by molar-refractivity contribution is 0.486. The van der Waals surface area contributed by atoms with E-state index in [0.29, 0.717) is 0 Å². The second kappa shape index (κ2) is 16.4. The van der Waals surface area contributed by atoms with E-state index < -0.39 is 0 Å². The van der Waals surface area contributed by atoms with Crippen molar-refractivity contribution in [2.24, 2.45) is 0 Å². The van der Waals surface area contributed by atoms with Crippen molar-refractivity contribution in [3.05, 3.63) is 254 Å². The number of fused-ring (bicyclic) bond motifs is 3. The smallest absolute Gasteiger partial charge is 0.158 e. The van der Waals surface area contributed by atoms with Crippen LogP contribution >= 0.6 is 0 Å². The van der Waals surface area contributed by atoms with Crippen LogP contribution in [0.5, 0.6) is 11.5 Å². The number of anilines is 5. The fourth-order valence-corrected chi connectivity index (χ4v) is 9.78. The van der Waals surface area contributed by atoms with Gasteiger partial charge in [0.2, 0.25) is 0 Å². The highest BCUT2D eigenvalue weighted by atomic mass is 16.5. The van der Waals surface area contributed by atoms with Gasteiger partial charge < -0.3 is 14.5 Å². The number of hydrogen-bond acceptors (Lipinski definition) is 3. The molecule has 0 radical (unpaired) electrons. The third kappa shape index (κ3) is 7.04. The van der Waals surface area contributed by atoms with Gasteiger partial charge in [0.05, 0.1) is 17.4 Å².